The number of nitrogens with one attached hydrogen (secondary N) is 1. The summed E-state index contributed by atoms with van der Waals surface area (Å²) in [7, 11) is 0. The molecule has 1 unspecified atom stereocenters. The maximum atomic E-state index is 11.1. The van der Waals surface area contributed by atoms with Crippen molar-refractivity contribution in [3.8, 4) is 0 Å². The molecule has 0 spiro atoms. The summed E-state index contributed by atoms with van der Waals surface area (Å²) in [6.45, 7) is 2.02. The minimum atomic E-state index is -0.571. The van der Waals surface area contributed by atoms with Crippen molar-refractivity contribution in [2.24, 2.45) is 5.73 Å². The van der Waals surface area contributed by atoms with Gasteiger partial charge in [-0.15, -0.1) is 0 Å². The summed E-state index contributed by atoms with van der Waals surface area (Å²) in [6.07, 6.45) is 2.20. The topological polar surface area (TPSA) is 88.2 Å². The highest BCUT2D eigenvalue weighted by Crippen LogP contribution is 2.13. The van der Waals surface area contributed by atoms with Gasteiger partial charge in [0.15, 0.2) is 0 Å². The van der Waals surface area contributed by atoms with Gasteiger partial charge in [-0.1, -0.05) is 29.8 Å². The molecule has 0 aliphatic heterocycles. The van der Waals surface area contributed by atoms with Crippen LogP contribution >= 0.6 is 0 Å². The number of aryl methyl sites for hydroxylation is 1. The lowest BCUT2D eigenvalue weighted by molar-refractivity contribution is 0.0995. The fourth-order valence-corrected chi connectivity index (χ4v) is 2.18. The van der Waals surface area contributed by atoms with Crippen LogP contribution in [-0.2, 0) is 6.42 Å². The van der Waals surface area contributed by atoms with Crippen molar-refractivity contribution in [1.82, 2.24) is 4.98 Å². The van der Waals surface area contributed by atoms with Gasteiger partial charge in [0, 0.05) is 11.9 Å². The fraction of sp³-hybridized carbons (Fsp3) is 0.250. The van der Waals surface area contributed by atoms with E-state index in [1.807, 2.05) is 25.1 Å². The Kier molecular flexibility index (Phi) is 4.90. The lowest BCUT2D eigenvalue weighted by Crippen LogP contribution is -2.26. The van der Waals surface area contributed by atoms with Gasteiger partial charge in [-0.3, -0.25) is 9.78 Å². The van der Waals surface area contributed by atoms with Gasteiger partial charge in [0.25, 0.3) is 5.91 Å². The van der Waals surface area contributed by atoms with Crippen LogP contribution in [0.4, 0.5) is 5.69 Å². The van der Waals surface area contributed by atoms with Gasteiger partial charge < -0.3 is 16.2 Å². The second-order valence-corrected chi connectivity index (χ2v) is 5.01. The van der Waals surface area contributed by atoms with Crippen LogP contribution in [0.5, 0.6) is 0 Å². The molecule has 1 amide bonds. The molecule has 1 aromatic heterocycles. The summed E-state index contributed by atoms with van der Waals surface area (Å²) >= 11 is 0. The number of aromatic nitrogens is 1. The van der Waals surface area contributed by atoms with E-state index in [0.717, 1.165) is 5.56 Å². The van der Waals surface area contributed by atoms with E-state index in [1.165, 1.54) is 11.8 Å². The lowest BCUT2D eigenvalue weighted by atomic mass is 10.0. The van der Waals surface area contributed by atoms with Crippen LogP contribution in [0.3, 0.4) is 0 Å². The summed E-state index contributed by atoms with van der Waals surface area (Å²) in [6, 6.07) is 11.3. The fourth-order valence-electron chi connectivity index (χ4n) is 2.18. The normalized spacial score (nSPS) is 11.9. The Hall–Kier alpha value is -2.40. The number of rotatable bonds is 6. The SMILES string of the molecule is Cc1cccc(CC(CO)Nc2ccnc(C(N)=O)c2)c1. The van der Waals surface area contributed by atoms with E-state index >= 15 is 0 Å². The first-order valence-electron chi connectivity index (χ1n) is 6.77. The van der Waals surface area contributed by atoms with Crippen LogP contribution in [0.1, 0.15) is 21.6 Å². The number of hydrogen-bond acceptors (Lipinski definition) is 4. The van der Waals surface area contributed by atoms with Crippen LogP contribution in [0.15, 0.2) is 42.6 Å². The Morgan fingerprint density at radius 1 is 1.38 bits per heavy atom. The van der Waals surface area contributed by atoms with Crippen LogP contribution in [-0.4, -0.2) is 28.6 Å². The molecule has 5 heteroatoms. The molecule has 0 saturated heterocycles. The average molecular weight is 285 g/mol. The maximum Gasteiger partial charge on any atom is 0.267 e. The third-order valence-electron chi connectivity index (χ3n) is 3.17. The van der Waals surface area contributed by atoms with Crippen molar-refractivity contribution < 1.29 is 9.90 Å². The van der Waals surface area contributed by atoms with Gasteiger partial charge in [-0.25, -0.2) is 0 Å². The molecule has 0 bridgehead atoms. The molecule has 5 nitrogen and oxygen atoms in total. The Bertz CT molecular complexity index is 628. The molecule has 0 fully saturated rings. The van der Waals surface area contributed by atoms with Gasteiger partial charge in [-0.05, 0) is 31.0 Å². The zero-order valence-corrected chi connectivity index (χ0v) is 11.9. The van der Waals surface area contributed by atoms with Crippen molar-refractivity contribution in [3.05, 3.63) is 59.4 Å². The van der Waals surface area contributed by atoms with Crippen molar-refractivity contribution >= 4 is 11.6 Å². The Morgan fingerprint density at radius 3 is 2.86 bits per heavy atom. The van der Waals surface area contributed by atoms with Crippen molar-refractivity contribution in [2.45, 2.75) is 19.4 Å². The van der Waals surface area contributed by atoms with Gasteiger partial charge in [-0.2, -0.15) is 0 Å². The molecule has 2 aromatic rings. The van der Waals surface area contributed by atoms with E-state index in [4.69, 9.17) is 5.73 Å². The first-order valence-corrected chi connectivity index (χ1v) is 6.77. The third-order valence-corrected chi connectivity index (χ3v) is 3.17. The molecular formula is C16H19N3O2. The Morgan fingerprint density at radius 2 is 2.19 bits per heavy atom. The quantitative estimate of drug-likeness (QED) is 0.750. The molecular weight excluding hydrogens is 266 g/mol. The standard InChI is InChI=1S/C16H19N3O2/c1-11-3-2-4-12(7-11)8-14(10-20)19-13-5-6-18-15(9-13)16(17)21/h2-7,9,14,20H,8,10H2,1H3,(H2,17,21)(H,18,19). The number of amides is 1. The molecule has 2 rings (SSSR count). The lowest BCUT2D eigenvalue weighted by Gasteiger charge is -2.18. The highest BCUT2D eigenvalue weighted by Gasteiger charge is 2.10. The van der Waals surface area contributed by atoms with E-state index in [-0.39, 0.29) is 18.3 Å². The summed E-state index contributed by atoms with van der Waals surface area (Å²) in [4.78, 5) is 15.0. The molecule has 0 aliphatic carbocycles. The van der Waals surface area contributed by atoms with Crippen molar-refractivity contribution in [2.75, 3.05) is 11.9 Å². The minimum absolute atomic E-state index is 0.0117. The molecule has 110 valence electrons. The monoisotopic (exact) mass is 285 g/mol. The van der Waals surface area contributed by atoms with Crippen molar-refractivity contribution in [1.29, 1.82) is 0 Å². The number of nitrogens with two attached hydrogens (primary N) is 1. The zero-order chi connectivity index (χ0) is 15.2. The number of primary amides is 1. The number of pyridine rings is 1. The predicted molar refractivity (Wildman–Crippen MR) is 82.1 cm³/mol. The third kappa shape index (κ3) is 4.29. The van der Waals surface area contributed by atoms with Crippen LogP contribution in [0, 0.1) is 6.92 Å². The highest BCUT2D eigenvalue weighted by molar-refractivity contribution is 5.91. The number of aliphatic hydroxyl groups excluding tert-OH is 1. The van der Waals surface area contributed by atoms with Crippen LogP contribution < -0.4 is 11.1 Å². The van der Waals surface area contributed by atoms with Gasteiger partial charge in [0.05, 0.1) is 12.6 Å². The predicted octanol–water partition coefficient (Wildman–Crippen LogP) is 1.50. The van der Waals surface area contributed by atoms with Crippen molar-refractivity contribution in [3.63, 3.8) is 0 Å². The summed E-state index contributed by atoms with van der Waals surface area (Å²) in [5.74, 6) is -0.571. The first kappa shape index (κ1) is 15.0. The number of carbonyl (C=O) groups excluding carboxylic acids is 1. The molecule has 0 aliphatic rings. The highest BCUT2D eigenvalue weighted by atomic mass is 16.3. The second-order valence-electron chi connectivity index (χ2n) is 5.01. The van der Waals surface area contributed by atoms with Gasteiger partial charge >= 0.3 is 0 Å². The molecule has 21 heavy (non-hydrogen) atoms. The minimum Gasteiger partial charge on any atom is -0.394 e. The van der Waals surface area contributed by atoms with E-state index in [1.54, 1.807) is 12.1 Å². The van der Waals surface area contributed by atoms with E-state index in [2.05, 4.69) is 16.4 Å². The first-order chi connectivity index (χ1) is 10.1. The summed E-state index contributed by atoms with van der Waals surface area (Å²) in [5, 5.41) is 12.7. The van der Waals surface area contributed by atoms with Crippen LogP contribution in [0.25, 0.3) is 0 Å². The Labute approximate surface area is 123 Å². The largest absolute Gasteiger partial charge is 0.394 e. The molecule has 1 heterocycles. The zero-order valence-electron chi connectivity index (χ0n) is 11.9. The maximum absolute atomic E-state index is 11.1. The van der Waals surface area contributed by atoms with Gasteiger partial charge in [0.2, 0.25) is 0 Å². The number of benzene rings is 1. The second kappa shape index (κ2) is 6.85. The number of nitrogens with zero attached hydrogens (tertiary/aromatic N) is 1. The number of hydrogen-bond donors (Lipinski definition) is 3. The molecule has 0 radical (unpaired) electrons. The average Bonchev–Trinajstić information content (AvgIpc) is 2.47. The summed E-state index contributed by atoms with van der Waals surface area (Å²) in [5.41, 5.74) is 8.45. The smallest absolute Gasteiger partial charge is 0.267 e. The van der Waals surface area contributed by atoms with E-state index < -0.39 is 5.91 Å². The molecule has 1 aromatic carbocycles. The van der Waals surface area contributed by atoms with E-state index in [0.29, 0.717) is 12.1 Å². The molecule has 4 N–H and O–H groups in total. The Balaban J connectivity index is 2.08. The van der Waals surface area contributed by atoms with E-state index in [9.17, 15) is 9.90 Å². The summed E-state index contributed by atoms with van der Waals surface area (Å²) < 4.78 is 0. The number of carbonyl (C=O) groups is 1. The van der Waals surface area contributed by atoms with Crippen LogP contribution in [0.2, 0.25) is 0 Å². The van der Waals surface area contributed by atoms with Gasteiger partial charge in [0.1, 0.15) is 5.69 Å². The molecule has 0 saturated carbocycles. The molecule has 1 atom stereocenters. The number of anilines is 1. The number of aliphatic hydroxyl groups is 1.